The molecule has 5 heteroatoms. The molecule has 62 valence electrons. The molecular formula is C6H7ClFIN2. The molecule has 0 radical (unpaired) electrons. The van der Waals surface area contributed by atoms with Gasteiger partial charge >= 0.3 is 0 Å². The van der Waals surface area contributed by atoms with Gasteiger partial charge in [-0.25, -0.2) is 4.39 Å². The zero-order chi connectivity index (χ0) is 7.56. The Bertz CT molecular complexity index is 244. The van der Waals surface area contributed by atoms with Crippen LogP contribution in [0.2, 0.25) is 0 Å². The molecule has 0 bridgehead atoms. The van der Waals surface area contributed by atoms with Crippen molar-refractivity contribution in [2.45, 2.75) is 6.54 Å². The van der Waals surface area contributed by atoms with Gasteiger partial charge in [-0.05, 0) is 28.7 Å². The molecule has 0 aliphatic carbocycles. The number of hydrogen-bond acceptors (Lipinski definition) is 2. The van der Waals surface area contributed by atoms with Crippen LogP contribution in [-0.4, -0.2) is 4.98 Å². The average molecular weight is 288 g/mol. The molecule has 0 saturated carbocycles. The van der Waals surface area contributed by atoms with Crippen LogP contribution in [-0.2, 0) is 6.54 Å². The van der Waals surface area contributed by atoms with Crippen molar-refractivity contribution in [3.8, 4) is 0 Å². The molecule has 0 aliphatic heterocycles. The van der Waals surface area contributed by atoms with Crippen LogP contribution in [0.25, 0.3) is 0 Å². The first-order chi connectivity index (χ1) is 4.74. The summed E-state index contributed by atoms with van der Waals surface area (Å²) >= 11 is 2.00. The predicted molar refractivity (Wildman–Crippen MR) is 52.1 cm³/mol. The van der Waals surface area contributed by atoms with Crippen molar-refractivity contribution in [3.05, 3.63) is 27.3 Å². The average Bonchev–Trinajstić information content (AvgIpc) is 1.88. The third-order valence-corrected chi connectivity index (χ3v) is 1.67. The van der Waals surface area contributed by atoms with Crippen LogP contribution < -0.4 is 5.73 Å². The van der Waals surface area contributed by atoms with E-state index in [0.717, 1.165) is 3.57 Å². The van der Waals surface area contributed by atoms with Crippen molar-refractivity contribution in [2.75, 3.05) is 0 Å². The summed E-state index contributed by atoms with van der Waals surface area (Å²) in [5.74, 6) is -0.325. The molecule has 0 saturated heterocycles. The smallest absolute Gasteiger partial charge is 0.147 e. The van der Waals surface area contributed by atoms with Gasteiger partial charge in [0.15, 0.2) is 0 Å². The lowest BCUT2D eigenvalue weighted by Crippen LogP contribution is -2.02. The lowest BCUT2D eigenvalue weighted by molar-refractivity contribution is 0.598. The molecule has 0 fully saturated rings. The summed E-state index contributed by atoms with van der Waals surface area (Å²) in [6, 6.07) is 1.41. The summed E-state index contributed by atoms with van der Waals surface area (Å²) in [5.41, 5.74) is 5.52. The van der Waals surface area contributed by atoms with E-state index < -0.39 is 0 Å². The van der Waals surface area contributed by atoms with E-state index in [4.69, 9.17) is 5.73 Å². The molecule has 2 N–H and O–H groups in total. The molecule has 0 atom stereocenters. The van der Waals surface area contributed by atoms with Gasteiger partial charge < -0.3 is 5.73 Å². The van der Waals surface area contributed by atoms with Crippen LogP contribution in [0.15, 0.2) is 12.3 Å². The minimum atomic E-state index is -0.325. The Labute approximate surface area is 83.9 Å². The summed E-state index contributed by atoms with van der Waals surface area (Å²) in [6.07, 6.45) is 1.59. The van der Waals surface area contributed by atoms with E-state index in [-0.39, 0.29) is 24.8 Å². The third kappa shape index (κ3) is 2.88. The van der Waals surface area contributed by atoms with Gasteiger partial charge in [0.1, 0.15) is 5.82 Å². The number of nitrogens with two attached hydrogens (primary N) is 1. The lowest BCUT2D eigenvalue weighted by Gasteiger charge is -1.96. The fraction of sp³-hybridized carbons (Fsp3) is 0.167. The highest BCUT2D eigenvalue weighted by Gasteiger charge is 2.00. The molecule has 1 heterocycles. The highest BCUT2D eigenvalue weighted by Crippen LogP contribution is 2.07. The van der Waals surface area contributed by atoms with Crippen LogP contribution in [0, 0.1) is 9.39 Å². The third-order valence-electron chi connectivity index (χ3n) is 1.08. The van der Waals surface area contributed by atoms with E-state index in [1.165, 1.54) is 6.07 Å². The van der Waals surface area contributed by atoms with Gasteiger partial charge in [0.05, 0.1) is 5.69 Å². The maximum Gasteiger partial charge on any atom is 0.147 e. The fourth-order valence-electron chi connectivity index (χ4n) is 0.593. The molecule has 1 aromatic rings. The topological polar surface area (TPSA) is 38.9 Å². The largest absolute Gasteiger partial charge is 0.325 e. The van der Waals surface area contributed by atoms with Crippen molar-refractivity contribution in [3.63, 3.8) is 0 Å². The maximum atomic E-state index is 12.7. The van der Waals surface area contributed by atoms with E-state index in [9.17, 15) is 4.39 Å². The highest BCUT2D eigenvalue weighted by atomic mass is 127. The monoisotopic (exact) mass is 288 g/mol. The van der Waals surface area contributed by atoms with Gasteiger partial charge in [-0.3, -0.25) is 4.98 Å². The Morgan fingerprint density at radius 3 is 2.73 bits per heavy atom. The summed E-state index contributed by atoms with van der Waals surface area (Å²) < 4.78 is 13.5. The second kappa shape index (κ2) is 4.84. The highest BCUT2D eigenvalue weighted by molar-refractivity contribution is 14.1. The Hall–Kier alpha value is 0.0600. The first kappa shape index (κ1) is 11.1. The molecular weight excluding hydrogens is 281 g/mol. The predicted octanol–water partition coefficient (Wildman–Crippen LogP) is 1.71. The van der Waals surface area contributed by atoms with Crippen LogP contribution in [0.5, 0.6) is 0 Å². The van der Waals surface area contributed by atoms with Gasteiger partial charge in [0.2, 0.25) is 0 Å². The second-order valence-corrected chi connectivity index (χ2v) is 3.03. The van der Waals surface area contributed by atoms with E-state index in [1.807, 2.05) is 22.6 Å². The summed E-state index contributed by atoms with van der Waals surface area (Å²) in [6.45, 7) is 0.156. The van der Waals surface area contributed by atoms with E-state index in [1.54, 1.807) is 6.20 Å². The maximum absolute atomic E-state index is 12.7. The van der Waals surface area contributed by atoms with Crippen LogP contribution in [0.4, 0.5) is 4.39 Å². The number of pyridine rings is 1. The number of rotatable bonds is 1. The first-order valence-electron chi connectivity index (χ1n) is 2.74. The summed E-state index contributed by atoms with van der Waals surface area (Å²) in [5, 5.41) is 0. The van der Waals surface area contributed by atoms with Crippen LogP contribution in [0.3, 0.4) is 0 Å². The molecule has 0 amide bonds. The summed E-state index contributed by atoms with van der Waals surface area (Å²) in [7, 11) is 0. The van der Waals surface area contributed by atoms with Crippen molar-refractivity contribution >= 4 is 35.0 Å². The molecule has 0 aliphatic rings. The Morgan fingerprint density at radius 2 is 2.27 bits per heavy atom. The molecule has 1 aromatic heterocycles. The van der Waals surface area contributed by atoms with Crippen molar-refractivity contribution in [2.24, 2.45) is 5.73 Å². The standard InChI is InChI=1S/C6H6FIN2.ClH/c7-5-1-4(8)3-10-6(5)2-9;/h1,3H,2,9H2;1H. The van der Waals surface area contributed by atoms with Gasteiger partial charge in [-0.1, -0.05) is 0 Å². The molecule has 2 nitrogen and oxygen atoms in total. The Balaban J connectivity index is 0.000001000. The summed E-state index contributed by atoms with van der Waals surface area (Å²) in [4.78, 5) is 3.79. The number of nitrogens with zero attached hydrogens (tertiary/aromatic N) is 1. The van der Waals surface area contributed by atoms with Crippen LogP contribution >= 0.6 is 35.0 Å². The van der Waals surface area contributed by atoms with E-state index in [0.29, 0.717) is 5.69 Å². The fourth-order valence-corrected chi connectivity index (χ4v) is 1.01. The molecule has 1 rings (SSSR count). The van der Waals surface area contributed by atoms with Gasteiger partial charge in [0.25, 0.3) is 0 Å². The number of aromatic nitrogens is 1. The Morgan fingerprint density at radius 1 is 1.64 bits per heavy atom. The molecule has 11 heavy (non-hydrogen) atoms. The van der Waals surface area contributed by atoms with Gasteiger partial charge in [0, 0.05) is 16.3 Å². The van der Waals surface area contributed by atoms with E-state index in [2.05, 4.69) is 4.98 Å². The van der Waals surface area contributed by atoms with Crippen LogP contribution in [0.1, 0.15) is 5.69 Å². The Kier molecular flexibility index (Phi) is 4.87. The number of hydrogen-bond donors (Lipinski definition) is 1. The normalized spacial score (nSPS) is 9.00. The molecule has 0 unspecified atom stereocenters. The van der Waals surface area contributed by atoms with Gasteiger partial charge in [-0.2, -0.15) is 0 Å². The SMILES string of the molecule is Cl.NCc1ncc(I)cc1F. The van der Waals surface area contributed by atoms with Gasteiger partial charge in [-0.15, -0.1) is 12.4 Å². The van der Waals surface area contributed by atoms with Crippen molar-refractivity contribution in [1.82, 2.24) is 4.98 Å². The lowest BCUT2D eigenvalue weighted by atomic mass is 10.3. The molecule has 0 aromatic carbocycles. The minimum Gasteiger partial charge on any atom is -0.325 e. The zero-order valence-electron chi connectivity index (χ0n) is 5.55. The van der Waals surface area contributed by atoms with E-state index >= 15 is 0 Å². The zero-order valence-corrected chi connectivity index (χ0v) is 8.52. The first-order valence-corrected chi connectivity index (χ1v) is 3.82. The number of halogens is 3. The van der Waals surface area contributed by atoms with Crippen molar-refractivity contribution < 1.29 is 4.39 Å². The van der Waals surface area contributed by atoms with Crippen molar-refractivity contribution in [1.29, 1.82) is 0 Å². The minimum absolute atomic E-state index is 0. The quantitative estimate of drug-likeness (QED) is 0.799. The molecule has 0 spiro atoms. The second-order valence-electron chi connectivity index (χ2n) is 1.79.